The second-order valence-corrected chi connectivity index (χ2v) is 5.19. The standard InChI is InChI=1S/C16H14N2O3/c19-16(12-2-1-4-17-8-12)18-5-3-11-6-14-15(21-10-20-14)7-13(11)9-18/h1-2,4,6-8H,3,5,9-10H2. The summed E-state index contributed by atoms with van der Waals surface area (Å²) in [5, 5.41) is 0. The predicted octanol–water partition coefficient (Wildman–Crippen LogP) is 2.01. The topological polar surface area (TPSA) is 51.7 Å². The molecule has 2 aliphatic heterocycles. The molecular formula is C16H14N2O3. The molecule has 3 heterocycles. The van der Waals surface area contributed by atoms with Crippen LogP contribution in [0.2, 0.25) is 0 Å². The molecule has 0 saturated carbocycles. The van der Waals surface area contributed by atoms with Crippen LogP contribution in [0, 0.1) is 0 Å². The maximum absolute atomic E-state index is 12.5. The van der Waals surface area contributed by atoms with Crippen LogP contribution in [0.4, 0.5) is 0 Å². The maximum Gasteiger partial charge on any atom is 0.255 e. The Bertz CT molecular complexity index is 700. The summed E-state index contributed by atoms with van der Waals surface area (Å²) >= 11 is 0. The first-order valence-corrected chi connectivity index (χ1v) is 6.92. The third kappa shape index (κ3) is 2.11. The Balaban J connectivity index is 1.61. The summed E-state index contributed by atoms with van der Waals surface area (Å²) in [6.07, 6.45) is 4.11. The minimum Gasteiger partial charge on any atom is -0.454 e. The number of hydrogen-bond donors (Lipinski definition) is 0. The summed E-state index contributed by atoms with van der Waals surface area (Å²) in [5.74, 6) is 1.59. The Kier molecular flexibility index (Phi) is 2.77. The average molecular weight is 282 g/mol. The van der Waals surface area contributed by atoms with Gasteiger partial charge in [-0.3, -0.25) is 9.78 Å². The van der Waals surface area contributed by atoms with Crippen molar-refractivity contribution >= 4 is 5.91 Å². The highest BCUT2D eigenvalue weighted by Gasteiger charge is 2.25. The molecule has 0 N–H and O–H groups in total. The SMILES string of the molecule is O=C(c1cccnc1)N1CCc2cc3c(cc2C1)OCO3. The summed E-state index contributed by atoms with van der Waals surface area (Å²) in [7, 11) is 0. The van der Waals surface area contributed by atoms with Crippen LogP contribution in [0.5, 0.6) is 11.5 Å². The lowest BCUT2D eigenvalue weighted by Crippen LogP contribution is -2.35. The van der Waals surface area contributed by atoms with Crippen molar-refractivity contribution in [2.75, 3.05) is 13.3 Å². The van der Waals surface area contributed by atoms with E-state index >= 15 is 0 Å². The van der Waals surface area contributed by atoms with Crippen molar-refractivity contribution in [3.8, 4) is 11.5 Å². The molecule has 0 bridgehead atoms. The Morgan fingerprint density at radius 2 is 2.00 bits per heavy atom. The zero-order chi connectivity index (χ0) is 14.2. The molecule has 1 aromatic carbocycles. The fourth-order valence-electron chi connectivity index (χ4n) is 2.79. The van der Waals surface area contributed by atoms with Gasteiger partial charge in [0.15, 0.2) is 11.5 Å². The molecule has 2 aliphatic rings. The van der Waals surface area contributed by atoms with Crippen LogP contribution in [0.25, 0.3) is 0 Å². The van der Waals surface area contributed by atoms with Crippen LogP contribution in [-0.2, 0) is 13.0 Å². The van der Waals surface area contributed by atoms with E-state index in [1.54, 1.807) is 24.5 Å². The first-order chi connectivity index (χ1) is 10.3. The largest absolute Gasteiger partial charge is 0.454 e. The molecule has 1 aromatic heterocycles. The number of aromatic nitrogens is 1. The van der Waals surface area contributed by atoms with Crippen LogP contribution in [0.1, 0.15) is 21.5 Å². The van der Waals surface area contributed by atoms with Gasteiger partial charge in [0.05, 0.1) is 5.56 Å². The Hall–Kier alpha value is -2.56. The Morgan fingerprint density at radius 3 is 2.76 bits per heavy atom. The van der Waals surface area contributed by atoms with E-state index in [9.17, 15) is 4.79 Å². The smallest absolute Gasteiger partial charge is 0.255 e. The molecule has 5 nitrogen and oxygen atoms in total. The number of fused-ring (bicyclic) bond motifs is 2. The highest BCUT2D eigenvalue weighted by atomic mass is 16.7. The fraction of sp³-hybridized carbons (Fsp3) is 0.250. The van der Waals surface area contributed by atoms with Crippen molar-refractivity contribution in [3.05, 3.63) is 53.3 Å². The molecule has 106 valence electrons. The minimum atomic E-state index is 0.0198. The zero-order valence-corrected chi connectivity index (χ0v) is 11.4. The van der Waals surface area contributed by atoms with Gasteiger partial charge in [-0.15, -0.1) is 0 Å². The van der Waals surface area contributed by atoms with E-state index in [1.807, 2.05) is 17.0 Å². The number of hydrogen-bond acceptors (Lipinski definition) is 4. The monoisotopic (exact) mass is 282 g/mol. The van der Waals surface area contributed by atoms with Crippen molar-refractivity contribution < 1.29 is 14.3 Å². The molecule has 4 rings (SSSR count). The molecule has 0 saturated heterocycles. The van der Waals surface area contributed by atoms with Crippen molar-refractivity contribution in [3.63, 3.8) is 0 Å². The average Bonchev–Trinajstić information content (AvgIpc) is 2.99. The quantitative estimate of drug-likeness (QED) is 0.803. The van der Waals surface area contributed by atoms with E-state index < -0.39 is 0 Å². The molecule has 5 heteroatoms. The van der Waals surface area contributed by atoms with E-state index in [2.05, 4.69) is 4.98 Å². The zero-order valence-electron chi connectivity index (χ0n) is 11.4. The molecule has 21 heavy (non-hydrogen) atoms. The lowest BCUT2D eigenvalue weighted by molar-refractivity contribution is 0.0734. The van der Waals surface area contributed by atoms with Crippen molar-refractivity contribution in [2.45, 2.75) is 13.0 Å². The molecule has 0 spiro atoms. The Labute approximate surface area is 122 Å². The minimum absolute atomic E-state index is 0.0198. The second kappa shape index (κ2) is 4.77. The molecular weight excluding hydrogens is 268 g/mol. The van der Waals surface area contributed by atoms with Crippen molar-refractivity contribution in [1.82, 2.24) is 9.88 Å². The van der Waals surface area contributed by atoms with Gasteiger partial charge in [-0.1, -0.05) is 0 Å². The lowest BCUT2D eigenvalue weighted by atomic mass is 9.98. The number of pyridine rings is 1. The molecule has 0 atom stereocenters. The highest BCUT2D eigenvalue weighted by molar-refractivity contribution is 5.94. The Morgan fingerprint density at radius 1 is 1.19 bits per heavy atom. The highest BCUT2D eigenvalue weighted by Crippen LogP contribution is 2.36. The number of ether oxygens (including phenoxy) is 2. The summed E-state index contributed by atoms with van der Waals surface area (Å²) in [5.41, 5.74) is 2.99. The number of carbonyl (C=O) groups excluding carboxylic acids is 1. The predicted molar refractivity (Wildman–Crippen MR) is 75.2 cm³/mol. The summed E-state index contributed by atoms with van der Waals surface area (Å²) < 4.78 is 10.8. The number of carbonyl (C=O) groups is 1. The second-order valence-electron chi connectivity index (χ2n) is 5.19. The van der Waals surface area contributed by atoms with Crippen molar-refractivity contribution in [2.24, 2.45) is 0 Å². The van der Waals surface area contributed by atoms with Gasteiger partial charge < -0.3 is 14.4 Å². The lowest BCUT2D eigenvalue weighted by Gasteiger charge is -2.29. The first-order valence-electron chi connectivity index (χ1n) is 6.92. The normalized spacial score (nSPS) is 15.7. The summed E-state index contributed by atoms with van der Waals surface area (Å²) in [6.45, 7) is 1.58. The third-order valence-electron chi connectivity index (χ3n) is 3.90. The summed E-state index contributed by atoms with van der Waals surface area (Å²) in [4.78, 5) is 18.3. The summed E-state index contributed by atoms with van der Waals surface area (Å²) in [6, 6.07) is 7.59. The molecule has 0 aliphatic carbocycles. The van der Waals surface area contributed by atoms with Gasteiger partial charge in [-0.25, -0.2) is 0 Å². The van der Waals surface area contributed by atoms with Gasteiger partial charge >= 0.3 is 0 Å². The molecule has 2 aromatic rings. The third-order valence-corrected chi connectivity index (χ3v) is 3.90. The van der Waals surface area contributed by atoms with Crippen LogP contribution in [-0.4, -0.2) is 29.1 Å². The molecule has 0 unspecified atom stereocenters. The van der Waals surface area contributed by atoms with Gasteiger partial charge in [0, 0.05) is 25.5 Å². The van der Waals surface area contributed by atoms with Crippen molar-refractivity contribution in [1.29, 1.82) is 0 Å². The van der Waals surface area contributed by atoms with E-state index in [4.69, 9.17) is 9.47 Å². The van der Waals surface area contributed by atoms with Crippen LogP contribution in [0.15, 0.2) is 36.7 Å². The van der Waals surface area contributed by atoms with E-state index in [0.29, 0.717) is 18.7 Å². The van der Waals surface area contributed by atoms with Gasteiger partial charge in [0.2, 0.25) is 6.79 Å². The molecule has 0 fully saturated rings. The number of rotatable bonds is 1. The molecule has 1 amide bonds. The first kappa shape index (κ1) is 12.2. The van der Waals surface area contributed by atoms with E-state index in [1.165, 1.54) is 5.56 Å². The van der Waals surface area contributed by atoms with Crippen LogP contribution in [0.3, 0.4) is 0 Å². The van der Waals surface area contributed by atoms with Gasteiger partial charge in [-0.2, -0.15) is 0 Å². The number of amides is 1. The number of nitrogens with zero attached hydrogens (tertiary/aromatic N) is 2. The van der Waals surface area contributed by atoms with Crippen LogP contribution >= 0.6 is 0 Å². The fourth-order valence-corrected chi connectivity index (χ4v) is 2.79. The maximum atomic E-state index is 12.5. The van der Waals surface area contributed by atoms with Gasteiger partial charge in [0.1, 0.15) is 0 Å². The number of benzene rings is 1. The van der Waals surface area contributed by atoms with Gasteiger partial charge in [0.25, 0.3) is 5.91 Å². The van der Waals surface area contributed by atoms with Crippen LogP contribution < -0.4 is 9.47 Å². The van der Waals surface area contributed by atoms with E-state index in [0.717, 1.165) is 23.5 Å². The van der Waals surface area contributed by atoms with Gasteiger partial charge in [-0.05, 0) is 41.8 Å². The molecule has 0 radical (unpaired) electrons. The van der Waals surface area contributed by atoms with E-state index in [-0.39, 0.29) is 12.7 Å².